The van der Waals surface area contributed by atoms with Crippen molar-refractivity contribution < 1.29 is 28.8 Å². The Morgan fingerprint density at radius 2 is 1.91 bits per heavy atom. The summed E-state index contributed by atoms with van der Waals surface area (Å²) in [6, 6.07) is 7.24. The number of carboxylic acid groups (broad SMARTS) is 1. The van der Waals surface area contributed by atoms with E-state index in [1.807, 2.05) is 0 Å². The number of ether oxygens (including phenoxy) is 1. The number of hydrogen-bond donors (Lipinski definition) is 3. The van der Waals surface area contributed by atoms with Gasteiger partial charge in [0.1, 0.15) is 6.54 Å². The number of carbonyl (C=O) groups is 3. The molecule has 1 heterocycles. The molecular formula is C14H13N3O6. The number of carboxylic acids is 1. The number of amides is 2. The highest BCUT2D eigenvalue weighted by molar-refractivity contribution is 6.02. The van der Waals surface area contributed by atoms with E-state index < -0.39 is 24.3 Å². The number of methoxy groups -OCH3 is 1. The molecule has 2 amide bonds. The van der Waals surface area contributed by atoms with Crippen molar-refractivity contribution in [1.82, 2.24) is 10.5 Å². The maximum atomic E-state index is 11.9. The summed E-state index contributed by atoms with van der Waals surface area (Å²) in [5.74, 6) is -2.02. The van der Waals surface area contributed by atoms with Gasteiger partial charge in [0.05, 0.1) is 13.2 Å². The quantitative estimate of drug-likeness (QED) is 0.716. The number of hydrogen-bond acceptors (Lipinski definition) is 6. The van der Waals surface area contributed by atoms with E-state index in [9.17, 15) is 14.4 Å². The summed E-state index contributed by atoms with van der Waals surface area (Å²) in [7, 11) is 1.40. The maximum Gasteiger partial charge on any atom is 0.322 e. The van der Waals surface area contributed by atoms with Gasteiger partial charge in [-0.15, -0.1) is 0 Å². The Morgan fingerprint density at radius 1 is 1.22 bits per heavy atom. The first-order valence-electron chi connectivity index (χ1n) is 6.41. The summed E-state index contributed by atoms with van der Waals surface area (Å²) in [4.78, 5) is 33.9. The number of rotatable bonds is 6. The second kappa shape index (κ2) is 7.07. The zero-order valence-corrected chi connectivity index (χ0v) is 12.0. The fraction of sp³-hybridized carbons (Fsp3) is 0.143. The van der Waals surface area contributed by atoms with Crippen molar-refractivity contribution in [3.63, 3.8) is 0 Å². The van der Waals surface area contributed by atoms with Crippen molar-refractivity contribution in [3.05, 3.63) is 41.7 Å². The molecule has 9 heteroatoms. The van der Waals surface area contributed by atoms with Gasteiger partial charge in [-0.25, -0.2) is 0 Å². The average molecular weight is 319 g/mol. The van der Waals surface area contributed by atoms with Crippen LogP contribution in [0, 0.1) is 0 Å². The van der Waals surface area contributed by atoms with Gasteiger partial charge in [0.2, 0.25) is 5.76 Å². The van der Waals surface area contributed by atoms with Gasteiger partial charge in [-0.3, -0.25) is 14.4 Å². The standard InChI is InChI=1S/C14H13N3O6/c1-22-11-6-10(23-17-11)14(21)16-9-4-2-8(3-5-9)13(20)15-7-12(18)19/h2-6H,7H2,1H3,(H,15,20)(H,16,21)(H,18,19). The largest absolute Gasteiger partial charge is 0.480 e. The molecule has 0 aliphatic rings. The number of benzene rings is 1. The molecule has 9 nitrogen and oxygen atoms in total. The molecule has 2 aromatic rings. The SMILES string of the molecule is COc1cc(C(=O)Nc2ccc(C(=O)NCC(=O)O)cc2)on1. The summed E-state index contributed by atoms with van der Waals surface area (Å²) in [6.45, 7) is -0.468. The molecule has 0 saturated carbocycles. The van der Waals surface area contributed by atoms with Crippen molar-refractivity contribution in [2.45, 2.75) is 0 Å². The third-order valence-corrected chi connectivity index (χ3v) is 2.73. The lowest BCUT2D eigenvalue weighted by atomic mass is 10.2. The molecule has 23 heavy (non-hydrogen) atoms. The van der Waals surface area contributed by atoms with Crippen LogP contribution in [0.2, 0.25) is 0 Å². The molecule has 1 aromatic carbocycles. The molecule has 120 valence electrons. The van der Waals surface area contributed by atoms with E-state index in [1.165, 1.54) is 37.4 Å². The summed E-state index contributed by atoms with van der Waals surface area (Å²) in [5.41, 5.74) is 0.700. The zero-order valence-electron chi connectivity index (χ0n) is 12.0. The van der Waals surface area contributed by atoms with Crippen LogP contribution in [0.3, 0.4) is 0 Å². The Kier molecular flexibility index (Phi) is 4.92. The Bertz CT molecular complexity index is 722. The Labute approximate surface area is 130 Å². The molecule has 0 saturated heterocycles. The van der Waals surface area contributed by atoms with Crippen molar-refractivity contribution in [3.8, 4) is 5.88 Å². The number of anilines is 1. The number of aromatic nitrogens is 1. The van der Waals surface area contributed by atoms with E-state index in [-0.39, 0.29) is 17.2 Å². The van der Waals surface area contributed by atoms with Crippen LogP contribution in [0.25, 0.3) is 0 Å². The van der Waals surface area contributed by atoms with Gasteiger partial charge in [-0.1, -0.05) is 0 Å². The fourth-order valence-corrected chi connectivity index (χ4v) is 1.62. The fourth-order valence-electron chi connectivity index (χ4n) is 1.62. The van der Waals surface area contributed by atoms with Crippen LogP contribution >= 0.6 is 0 Å². The first-order chi connectivity index (χ1) is 11.0. The first kappa shape index (κ1) is 16.0. The predicted molar refractivity (Wildman–Crippen MR) is 77.4 cm³/mol. The lowest BCUT2D eigenvalue weighted by Crippen LogP contribution is -2.29. The summed E-state index contributed by atoms with van der Waals surface area (Å²) >= 11 is 0. The van der Waals surface area contributed by atoms with Crippen LogP contribution in [0.1, 0.15) is 20.9 Å². The minimum atomic E-state index is -1.13. The third kappa shape index (κ3) is 4.30. The molecule has 2 rings (SSSR count). The smallest absolute Gasteiger partial charge is 0.322 e. The molecule has 0 atom stereocenters. The van der Waals surface area contributed by atoms with Crippen LogP contribution < -0.4 is 15.4 Å². The lowest BCUT2D eigenvalue weighted by molar-refractivity contribution is -0.135. The van der Waals surface area contributed by atoms with Gasteiger partial charge in [-0.05, 0) is 29.4 Å². The van der Waals surface area contributed by atoms with Gasteiger partial charge in [0, 0.05) is 11.3 Å². The van der Waals surface area contributed by atoms with Gasteiger partial charge >= 0.3 is 5.97 Å². The Hall–Kier alpha value is -3.36. The third-order valence-electron chi connectivity index (χ3n) is 2.73. The van der Waals surface area contributed by atoms with E-state index in [0.717, 1.165) is 0 Å². The molecular weight excluding hydrogens is 306 g/mol. The van der Waals surface area contributed by atoms with E-state index in [4.69, 9.17) is 14.4 Å². The lowest BCUT2D eigenvalue weighted by Gasteiger charge is -2.05. The monoisotopic (exact) mass is 319 g/mol. The molecule has 0 bridgehead atoms. The summed E-state index contributed by atoms with van der Waals surface area (Å²) in [5, 5.41) is 16.8. The number of aliphatic carboxylic acids is 1. The molecule has 0 radical (unpaired) electrons. The zero-order chi connectivity index (χ0) is 16.8. The average Bonchev–Trinajstić information content (AvgIpc) is 3.02. The molecule has 3 N–H and O–H groups in total. The molecule has 0 fully saturated rings. The minimum absolute atomic E-state index is 0.0230. The van der Waals surface area contributed by atoms with Crippen molar-refractivity contribution in [1.29, 1.82) is 0 Å². The van der Waals surface area contributed by atoms with Crippen molar-refractivity contribution >= 4 is 23.5 Å². The second-order valence-corrected chi connectivity index (χ2v) is 4.34. The van der Waals surface area contributed by atoms with Crippen molar-refractivity contribution in [2.24, 2.45) is 0 Å². The van der Waals surface area contributed by atoms with Gasteiger partial charge in [-0.2, -0.15) is 0 Å². The summed E-state index contributed by atoms with van der Waals surface area (Å²) in [6.07, 6.45) is 0. The minimum Gasteiger partial charge on any atom is -0.480 e. The molecule has 0 unspecified atom stereocenters. The molecule has 1 aromatic heterocycles. The number of nitrogens with one attached hydrogen (secondary N) is 2. The van der Waals surface area contributed by atoms with E-state index >= 15 is 0 Å². The first-order valence-corrected chi connectivity index (χ1v) is 6.41. The predicted octanol–water partition coefficient (Wildman–Crippen LogP) is 0.750. The maximum absolute atomic E-state index is 11.9. The second-order valence-electron chi connectivity index (χ2n) is 4.34. The van der Waals surface area contributed by atoms with Crippen LogP contribution in [-0.4, -0.2) is 41.7 Å². The number of nitrogens with zero attached hydrogens (tertiary/aromatic N) is 1. The van der Waals surface area contributed by atoms with Crippen LogP contribution in [0.4, 0.5) is 5.69 Å². The molecule has 0 spiro atoms. The molecule has 0 aliphatic heterocycles. The van der Waals surface area contributed by atoms with E-state index in [2.05, 4.69) is 15.8 Å². The Balaban J connectivity index is 1.98. The van der Waals surface area contributed by atoms with Crippen LogP contribution in [0.5, 0.6) is 5.88 Å². The highest BCUT2D eigenvalue weighted by Crippen LogP contribution is 2.14. The summed E-state index contributed by atoms with van der Waals surface area (Å²) < 4.78 is 9.61. The molecule has 0 aliphatic carbocycles. The van der Waals surface area contributed by atoms with Crippen LogP contribution in [-0.2, 0) is 4.79 Å². The van der Waals surface area contributed by atoms with Gasteiger partial charge < -0.3 is 25.0 Å². The van der Waals surface area contributed by atoms with E-state index in [0.29, 0.717) is 5.69 Å². The Morgan fingerprint density at radius 3 is 2.48 bits per heavy atom. The van der Waals surface area contributed by atoms with Crippen LogP contribution in [0.15, 0.2) is 34.9 Å². The normalized spacial score (nSPS) is 9.96. The van der Waals surface area contributed by atoms with Gasteiger partial charge in [0.25, 0.3) is 17.7 Å². The number of carbonyl (C=O) groups excluding carboxylic acids is 2. The highest BCUT2D eigenvalue weighted by Gasteiger charge is 2.14. The van der Waals surface area contributed by atoms with E-state index in [1.54, 1.807) is 0 Å². The van der Waals surface area contributed by atoms with Gasteiger partial charge in [0.15, 0.2) is 0 Å². The topological polar surface area (TPSA) is 131 Å². The highest BCUT2D eigenvalue weighted by atomic mass is 16.5. The van der Waals surface area contributed by atoms with Crippen molar-refractivity contribution in [2.75, 3.05) is 19.0 Å².